The Morgan fingerprint density at radius 2 is 1.79 bits per heavy atom. The SMILES string of the molecule is COc1ccc2cc([C@@]3(C)NC(=O)N(Cc4ncc(-c5ccc(F)cc5)o4)C3=O)ccc2c1. The molecule has 0 radical (unpaired) electrons. The number of rotatable bonds is 5. The van der Waals surface area contributed by atoms with Crippen LogP contribution >= 0.6 is 0 Å². The molecule has 0 bridgehead atoms. The molecule has 1 atom stereocenters. The number of nitrogens with one attached hydrogen (secondary N) is 1. The van der Waals surface area contributed by atoms with Crippen LogP contribution in [0.2, 0.25) is 0 Å². The van der Waals surface area contributed by atoms with Gasteiger partial charge in [-0.3, -0.25) is 9.69 Å². The minimum Gasteiger partial charge on any atom is -0.497 e. The van der Waals surface area contributed by atoms with E-state index in [9.17, 15) is 14.0 Å². The summed E-state index contributed by atoms with van der Waals surface area (Å²) in [6, 6.07) is 16.5. The monoisotopic (exact) mass is 445 g/mol. The van der Waals surface area contributed by atoms with E-state index in [-0.39, 0.29) is 18.3 Å². The lowest BCUT2D eigenvalue weighted by Gasteiger charge is -2.22. The van der Waals surface area contributed by atoms with Gasteiger partial charge in [-0.25, -0.2) is 14.2 Å². The van der Waals surface area contributed by atoms with E-state index in [1.807, 2.05) is 36.4 Å². The third-order valence-corrected chi connectivity index (χ3v) is 5.88. The van der Waals surface area contributed by atoms with Crippen LogP contribution in [0.15, 0.2) is 71.3 Å². The molecule has 1 saturated heterocycles. The van der Waals surface area contributed by atoms with Gasteiger partial charge >= 0.3 is 6.03 Å². The lowest BCUT2D eigenvalue weighted by atomic mass is 9.90. The molecule has 1 aliphatic heterocycles. The van der Waals surface area contributed by atoms with Crippen molar-refractivity contribution < 1.29 is 23.1 Å². The average Bonchev–Trinajstić information content (AvgIpc) is 3.38. The molecule has 1 fully saturated rings. The van der Waals surface area contributed by atoms with Crippen molar-refractivity contribution in [3.05, 3.63) is 84.1 Å². The second-order valence-electron chi connectivity index (χ2n) is 8.00. The summed E-state index contributed by atoms with van der Waals surface area (Å²) in [5, 5.41) is 4.68. The van der Waals surface area contributed by atoms with Gasteiger partial charge in [0.25, 0.3) is 5.91 Å². The zero-order valence-corrected chi connectivity index (χ0v) is 18.0. The standard InChI is InChI=1S/C25H20FN3O4/c1-25(18-7-3-17-12-20(32-2)10-6-16(17)11-18)23(30)29(24(31)28-25)14-22-27-13-21(33-22)15-4-8-19(26)9-5-15/h3-13H,14H2,1-2H3,(H,28,31)/t25-/m1/s1. The third kappa shape index (κ3) is 3.59. The van der Waals surface area contributed by atoms with Gasteiger partial charge in [0.1, 0.15) is 23.7 Å². The van der Waals surface area contributed by atoms with E-state index >= 15 is 0 Å². The number of fused-ring (bicyclic) bond motifs is 1. The molecule has 5 rings (SSSR count). The quantitative estimate of drug-likeness (QED) is 0.454. The maximum atomic E-state index is 13.3. The summed E-state index contributed by atoms with van der Waals surface area (Å²) in [6.45, 7) is 1.56. The number of amides is 3. The highest BCUT2D eigenvalue weighted by Crippen LogP contribution is 2.33. The number of benzene rings is 3. The van der Waals surface area contributed by atoms with Crippen LogP contribution in [0.25, 0.3) is 22.1 Å². The van der Waals surface area contributed by atoms with Gasteiger partial charge in [-0.1, -0.05) is 18.2 Å². The van der Waals surface area contributed by atoms with Crippen molar-refractivity contribution in [1.29, 1.82) is 0 Å². The lowest BCUT2D eigenvalue weighted by Crippen LogP contribution is -2.40. The molecule has 4 aromatic rings. The Balaban J connectivity index is 1.39. The molecular formula is C25H20FN3O4. The van der Waals surface area contributed by atoms with E-state index in [1.165, 1.54) is 18.3 Å². The largest absolute Gasteiger partial charge is 0.497 e. The first kappa shape index (κ1) is 20.7. The van der Waals surface area contributed by atoms with Crippen molar-refractivity contribution in [1.82, 2.24) is 15.2 Å². The highest BCUT2D eigenvalue weighted by Gasteiger charge is 2.49. The van der Waals surface area contributed by atoms with Crippen LogP contribution in [-0.2, 0) is 16.9 Å². The van der Waals surface area contributed by atoms with E-state index in [1.54, 1.807) is 26.2 Å². The highest BCUT2D eigenvalue weighted by atomic mass is 19.1. The molecule has 2 heterocycles. The van der Waals surface area contributed by atoms with Crippen molar-refractivity contribution in [2.24, 2.45) is 0 Å². The van der Waals surface area contributed by atoms with Gasteiger partial charge in [0, 0.05) is 5.56 Å². The van der Waals surface area contributed by atoms with Crippen molar-refractivity contribution in [3.8, 4) is 17.1 Å². The van der Waals surface area contributed by atoms with Gasteiger partial charge in [-0.2, -0.15) is 0 Å². The van der Waals surface area contributed by atoms with Gasteiger partial charge in [0.15, 0.2) is 5.76 Å². The lowest BCUT2D eigenvalue weighted by molar-refractivity contribution is -0.131. The molecule has 166 valence electrons. The summed E-state index contributed by atoms with van der Waals surface area (Å²) in [4.78, 5) is 31.3. The number of carbonyl (C=O) groups is 2. The number of halogens is 1. The van der Waals surface area contributed by atoms with Gasteiger partial charge in [0.05, 0.1) is 13.3 Å². The number of oxazole rings is 1. The zero-order valence-electron chi connectivity index (χ0n) is 18.0. The molecule has 33 heavy (non-hydrogen) atoms. The fraction of sp³-hybridized carbons (Fsp3) is 0.160. The van der Waals surface area contributed by atoms with Crippen molar-refractivity contribution >= 4 is 22.7 Å². The summed E-state index contributed by atoms with van der Waals surface area (Å²) >= 11 is 0. The van der Waals surface area contributed by atoms with E-state index in [0.29, 0.717) is 16.9 Å². The molecule has 0 unspecified atom stereocenters. The van der Waals surface area contributed by atoms with Gasteiger partial charge < -0.3 is 14.5 Å². The Morgan fingerprint density at radius 1 is 1.06 bits per heavy atom. The molecule has 1 aromatic heterocycles. The van der Waals surface area contributed by atoms with Gasteiger partial charge in [-0.15, -0.1) is 0 Å². The first-order chi connectivity index (χ1) is 15.9. The Kier molecular flexibility index (Phi) is 4.85. The fourth-order valence-corrected chi connectivity index (χ4v) is 3.96. The molecule has 0 aliphatic carbocycles. The van der Waals surface area contributed by atoms with Crippen LogP contribution in [0.4, 0.5) is 9.18 Å². The Hall–Kier alpha value is -4.20. The molecule has 3 amide bonds. The van der Waals surface area contributed by atoms with Crippen LogP contribution in [-0.4, -0.2) is 28.9 Å². The first-order valence-corrected chi connectivity index (χ1v) is 10.3. The van der Waals surface area contributed by atoms with Crippen LogP contribution < -0.4 is 10.1 Å². The number of carbonyl (C=O) groups excluding carboxylic acids is 2. The van der Waals surface area contributed by atoms with E-state index in [2.05, 4.69) is 10.3 Å². The molecule has 8 heteroatoms. The topological polar surface area (TPSA) is 84.7 Å². The number of methoxy groups -OCH3 is 1. The zero-order chi connectivity index (χ0) is 23.2. The number of hydrogen-bond donors (Lipinski definition) is 1. The molecule has 0 spiro atoms. The molecule has 1 aliphatic rings. The van der Waals surface area contributed by atoms with Crippen molar-refractivity contribution in [2.75, 3.05) is 7.11 Å². The molecule has 1 N–H and O–H groups in total. The Morgan fingerprint density at radius 3 is 2.55 bits per heavy atom. The predicted octanol–water partition coefficient (Wildman–Crippen LogP) is 4.61. The van der Waals surface area contributed by atoms with E-state index in [4.69, 9.17) is 9.15 Å². The number of nitrogens with zero attached hydrogens (tertiary/aromatic N) is 2. The number of imide groups is 1. The summed E-state index contributed by atoms with van der Waals surface area (Å²) < 4.78 is 24.1. The fourth-order valence-electron chi connectivity index (χ4n) is 3.96. The molecule has 0 saturated carbocycles. The van der Waals surface area contributed by atoms with Crippen LogP contribution in [0.5, 0.6) is 5.75 Å². The maximum Gasteiger partial charge on any atom is 0.325 e. The second kappa shape index (κ2) is 7.74. The third-order valence-electron chi connectivity index (χ3n) is 5.88. The van der Waals surface area contributed by atoms with E-state index < -0.39 is 17.5 Å². The number of urea groups is 1. The summed E-state index contributed by atoms with van der Waals surface area (Å²) in [5.74, 6) is 0.605. The first-order valence-electron chi connectivity index (χ1n) is 10.3. The maximum absolute atomic E-state index is 13.3. The van der Waals surface area contributed by atoms with Crippen molar-refractivity contribution in [3.63, 3.8) is 0 Å². The predicted molar refractivity (Wildman–Crippen MR) is 119 cm³/mol. The number of aromatic nitrogens is 1. The van der Waals surface area contributed by atoms with Gasteiger partial charge in [-0.05, 0) is 65.7 Å². The van der Waals surface area contributed by atoms with Gasteiger partial charge in [0.2, 0.25) is 5.89 Å². The average molecular weight is 445 g/mol. The summed E-state index contributed by atoms with van der Waals surface area (Å²) in [7, 11) is 1.61. The summed E-state index contributed by atoms with van der Waals surface area (Å²) in [5.41, 5.74) is 0.0859. The van der Waals surface area contributed by atoms with Crippen molar-refractivity contribution in [2.45, 2.75) is 19.0 Å². The van der Waals surface area contributed by atoms with Crippen LogP contribution in [0.1, 0.15) is 18.4 Å². The second-order valence-corrected chi connectivity index (χ2v) is 8.00. The van der Waals surface area contributed by atoms with Crippen LogP contribution in [0, 0.1) is 5.82 Å². The Bertz CT molecular complexity index is 1380. The number of ether oxygens (including phenoxy) is 1. The van der Waals surface area contributed by atoms with E-state index in [0.717, 1.165) is 21.4 Å². The molecular weight excluding hydrogens is 425 g/mol. The summed E-state index contributed by atoms with van der Waals surface area (Å²) in [6.07, 6.45) is 1.48. The molecule has 3 aromatic carbocycles. The highest BCUT2D eigenvalue weighted by molar-refractivity contribution is 6.07. The minimum atomic E-state index is -1.22. The number of hydrogen-bond acceptors (Lipinski definition) is 5. The normalized spacial score (nSPS) is 18.1. The molecule has 7 nitrogen and oxygen atoms in total. The minimum absolute atomic E-state index is 0.119. The van der Waals surface area contributed by atoms with Crippen LogP contribution in [0.3, 0.4) is 0 Å². The Labute approximate surface area is 188 Å². The smallest absolute Gasteiger partial charge is 0.325 e.